The maximum Gasteiger partial charge on any atom is 0.0522 e. The number of hydrogen-bond donors (Lipinski definition) is 1. The molecule has 0 bridgehead atoms. The number of nitrogens with zero attached hydrogens (tertiary/aromatic N) is 2. The molecular formula is C14H28ClN3. The van der Waals surface area contributed by atoms with Crippen LogP contribution in [-0.4, -0.2) is 16.3 Å². The zero-order valence-electron chi connectivity index (χ0n) is 11.8. The Morgan fingerprint density at radius 2 is 1.89 bits per heavy atom. The summed E-state index contributed by atoms with van der Waals surface area (Å²) in [5.74, 6) is 0. The Hall–Kier alpha value is -0.540. The second-order valence-electron chi connectivity index (χ2n) is 4.64. The third-order valence-corrected chi connectivity index (χ3v) is 3.00. The summed E-state index contributed by atoms with van der Waals surface area (Å²) in [6.07, 6.45) is 9.77. The van der Waals surface area contributed by atoms with E-state index < -0.39 is 0 Å². The Kier molecular flexibility index (Phi) is 11.2. The number of aromatic nitrogens is 2. The van der Waals surface area contributed by atoms with E-state index in [0.717, 1.165) is 26.1 Å². The van der Waals surface area contributed by atoms with E-state index in [1.54, 1.807) is 0 Å². The van der Waals surface area contributed by atoms with Crippen LogP contribution in [0.1, 0.15) is 58.1 Å². The van der Waals surface area contributed by atoms with Crippen LogP contribution in [0.5, 0.6) is 0 Å². The molecule has 3 nitrogen and oxygen atoms in total. The van der Waals surface area contributed by atoms with Crippen LogP contribution in [-0.2, 0) is 13.1 Å². The van der Waals surface area contributed by atoms with Crippen LogP contribution in [0.4, 0.5) is 0 Å². The van der Waals surface area contributed by atoms with Crippen LogP contribution in [0.25, 0.3) is 0 Å². The fourth-order valence-corrected chi connectivity index (χ4v) is 1.99. The van der Waals surface area contributed by atoms with Gasteiger partial charge in [-0.2, -0.15) is 5.10 Å². The molecule has 0 aromatic carbocycles. The molecule has 1 aromatic heterocycles. The Bertz CT molecular complexity index is 286. The third kappa shape index (κ3) is 7.02. The Morgan fingerprint density at radius 1 is 1.11 bits per heavy atom. The molecule has 0 aliphatic heterocycles. The van der Waals surface area contributed by atoms with Gasteiger partial charge in [-0.05, 0) is 25.5 Å². The van der Waals surface area contributed by atoms with E-state index in [1.807, 2.05) is 6.20 Å². The largest absolute Gasteiger partial charge is 0.311 e. The lowest BCUT2D eigenvalue weighted by molar-refractivity contribution is 0.535. The average Bonchev–Trinajstić information content (AvgIpc) is 2.76. The van der Waals surface area contributed by atoms with Crippen molar-refractivity contribution < 1.29 is 0 Å². The third-order valence-electron chi connectivity index (χ3n) is 3.00. The van der Waals surface area contributed by atoms with E-state index in [-0.39, 0.29) is 12.4 Å². The lowest BCUT2D eigenvalue weighted by atomic mass is 10.1. The van der Waals surface area contributed by atoms with E-state index in [4.69, 9.17) is 0 Å². The Morgan fingerprint density at radius 3 is 2.61 bits per heavy atom. The minimum absolute atomic E-state index is 0. The molecule has 106 valence electrons. The van der Waals surface area contributed by atoms with Crippen LogP contribution in [0.3, 0.4) is 0 Å². The molecule has 0 spiro atoms. The monoisotopic (exact) mass is 273 g/mol. The maximum atomic E-state index is 4.32. The first-order valence-corrected chi connectivity index (χ1v) is 7.09. The van der Waals surface area contributed by atoms with Gasteiger partial charge in [-0.1, -0.05) is 39.5 Å². The molecule has 0 saturated heterocycles. The number of rotatable bonds is 10. The summed E-state index contributed by atoms with van der Waals surface area (Å²) in [5.41, 5.74) is 1.31. The number of unbranched alkanes of at least 4 members (excludes halogenated alkanes) is 4. The Labute approximate surface area is 118 Å². The molecule has 0 saturated carbocycles. The van der Waals surface area contributed by atoms with Crippen LogP contribution in [0.2, 0.25) is 0 Å². The molecule has 4 heteroatoms. The summed E-state index contributed by atoms with van der Waals surface area (Å²) in [6, 6.07) is 2.11. The van der Waals surface area contributed by atoms with Crippen LogP contribution in [0, 0.1) is 0 Å². The highest BCUT2D eigenvalue weighted by Crippen LogP contribution is 2.02. The quantitative estimate of drug-likeness (QED) is 0.658. The topological polar surface area (TPSA) is 29.9 Å². The molecule has 0 fully saturated rings. The van der Waals surface area contributed by atoms with Gasteiger partial charge in [0.05, 0.1) is 5.69 Å². The SMILES string of the molecule is CCCCCCCNCc1ccnn1CCC.Cl. The summed E-state index contributed by atoms with van der Waals surface area (Å²) in [5, 5.41) is 7.82. The molecule has 0 atom stereocenters. The average molecular weight is 274 g/mol. The van der Waals surface area contributed by atoms with Gasteiger partial charge in [-0.3, -0.25) is 4.68 Å². The van der Waals surface area contributed by atoms with Gasteiger partial charge in [0, 0.05) is 19.3 Å². The van der Waals surface area contributed by atoms with Crippen molar-refractivity contribution in [3.63, 3.8) is 0 Å². The normalized spacial score (nSPS) is 10.3. The first-order valence-electron chi connectivity index (χ1n) is 7.09. The second-order valence-corrected chi connectivity index (χ2v) is 4.64. The highest BCUT2D eigenvalue weighted by Gasteiger charge is 2.00. The first-order chi connectivity index (χ1) is 8.38. The summed E-state index contributed by atoms with van der Waals surface area (Å²) < 4.78 is 2.10. The van der Waals surface area contributed by atoms with E-state index >= 15 is 0 Å². The lowest BCUT2D eigenvalue weighted by Crippen LogP contribution is -2.18. The predicted molar refractivity (Wildman–Crippen MR) is 80.2 cm³/mol. The van der Waals surface area contributed by atoms with Gasteiger partial charge >= 0.3 is 0 Å². The molecule has 0 aliphatic rings. The van der Waals surface area contributed by atoms with Gasteiger partial charge in [0.1, 0.15) is 0 Å². The predicted octanol–water partition coefficient (Wildman–Crippen LogP) is 3.77. The molecule has 0 aliphatic carbocycles. The minimum atomic E-state index is 0. The van der Waals surface area contributed by atoms with Gasteiger partial charge in [0.25, 0.3) is 0 Å². The molecule has 0 radical (unpaired) electrons. The van der Waals surface area contributed by atoms with Gasteiger partial charge in [-0.25, -0.2) is 0 Å². The van der Waals surface area contributed by atoms with Crippen molar-refractivity contribution in [1.29, 1.82) is 0 Å². The van der Waals surface area contributed by atoms with E-state index in [0.29, 0.717) is 0 Å². The van der Waals surface area contributed by atoms with Crippen LogP contribution >= 0.6 is 12.4 Å². The number of halogens is 1. The highest BCUT2D eigenvalue weighted by molar-refractivity contribution is 5.85. The second kappa shape index (κ2) is 11.5. The number of aryl methyl sites for hydroxylation is 1. The van der Waals surface area contributed by atoms with Crippen molar-refractivity contribution in [1.82, 2.24) is 15.1 Å². The molecular weight excluding hydrogens is 246 g/mol. The standard InChI is InChI=1S/C14H27N3.ClH/c1-3-5-6-7-8-10-15-13-14-9-11-16-17(14)12-4-2;/h9,11,15H,3-8,10,12-13H2,1-2H3;1H. The molecule has 0 unspecified atom stereocenters. The van der Waals surface area contributed by atoms with E-state index in [2.05, 4.69) is 35.0 Å². The van der Waals surface area contributed by atoms with E-state index in [9.17, 15) is 0 Å². The molecule has 1 aromatic rings. The number of hydrogen-bond acceptors (Lipinski definition) is 2. The summed E-state index contributed by atoms with van der Waals surface area (Å²) in [4.78, 5) is 0. The van der Waals surface area contributed by atoms with Gasteiger partial charge in [0.15, 0.2) is 0 Å². The van der Waals surface area contributed by atoms with Crippen molar-refractivity contribution in [3.05, 3.63) is 18.0 Å². The molecule has 0 amide bonds. The summed E-state index contributed by atoms with van der Waals surface area (Å²) in [7, 11) is 0. The zero-order chi connectivity index (χ0) is 12.3. The molecule has 1 N–H and O–H groups in total. The highest BCUT2D eigenvalue weighted by atomic mass is 35.5. The van der Waals surface area contributed by atoms with Gasteiger partial charge < -0.3 is 5.32 Å². The summed E-state index contributed by atoms with van der Waals surface area (Å²) in [6.45, 7) is 7.55. The molecule has 18 heavy (non-hydrogen) atoms. The fraction of sp³-hybridized carbons (Fsp3) is 0.786. The fourth-order valence-electron chi connectivity index (χ4n) is 1.99. The molecule has 1 rings (SSSR count). The van der Waals surface area contributed by atoms with Gasteiger partial charge in [0.2, 0.25) is 0 Å². The first kappa shape index (κ1) is 17.5. The van der Waals surface area contributed by atoms with Crippen molar-refractivity contribution in [2.24, 2.45) is 0 Å². The van der Waals surface area contributed by atoms with Crippen LogP contribution < -0.4 is 5.32 Å². The van der Waals surface area contributed by atoms with Crippen LogP contribution in [0.15, 0.2) is 12.3 Å². The minimum Gasteiger partial charge on any atom is -0.311 e. The molecule has 1 heterocycles. The van der Waals surface area contributed by atoms with Crippen molar-refractivity contribution in [2.45, 2.75) is 65.5 Å². The zero-order valence-corrected chi connectivity index (χ0v) is 12.6. The maximum absolute atomic E-state index is 4.32. The van der Waals surface area contributed by atoms with Crippen molar-refractivity contribution in [3.8, 4) is 0 Å². The van der Waals surface area contributed by atoms with Crippen molar-refractivity contribution in [2.75, 3.05) is 6.54 Å². The smallest absolute Gasteiger partial charge is 0.0522 e. The number of nitrogens with one attached hydrogen (secondary N) is 1. The van der Waals surface area contributed by atoms with Crippen molar-refractivity contribution >= 4 is 12.4 Å². The summed E-state index contributed by atoms with van der Waals surface area (Å²) >= 11 is 0. The van der Waals surface area contributed by atoms with E-state index in [1.165, 1.54) is 37.8 Å². The van der Waals surface area contributed by atoms with Gasteiger partial charge in [-0.15, -0.1) is 12.4 Å². The Balaban J connectivity index is 0.00000289. The lowest BCUT2D eigenvalue weighted by Gasteiger charge is -2.07.